The van der Waals surface area contributed by atoms with Crippen LogP contribution in [-0.4, -0.2) is 33.0 Å². The van der Waals surface area contributed by atoms with Gasteiger partial charge in [-0.2, -0.15) is 4.98 Å². The zero-order valence-corrected chi connectivity index (χ0v) is 17.8. The fraction of sp³-hybridized carbons (Fsp3) is 0.429. The summed E-state index contributed by atoms with van der Waals surface area (Å²) in [7, 11) is 0. The Balaban J connectivity index is 1.41. The predicted octanol–water partition coefficient (Wildman–Crippen LogP) is 3.74. The van der Waals surface area contributed by atoms with E-state index in [1.54, 1.807) is 9.42 Å². The number of unbranched alkanes of at least 4 members (excludes halogenated alkanes) is 1. The second kappa shape index (κ2) is 7.94. The SMILES string of the molecule is CCCCc1ccc(N2CC(C(=O)Nc3nc4sc(C)c(C)n4n3)CC2=O)cc1. The Morgan fingerprint density at radius 2 is 2.03 bits per heavy atom. The number of amides is 2. The van der Waals surface area contributed by atoms with Crippen molar-refractivity contribution in [3.05, 3.63) is 40.4 Å². The Labute approximate surface area is 173 Å². The highest BCUT2D eigenvalue weighted by Gasteiger charge is 2.35. The van der Waals surface area contributed by atoms with Gasteiger partial charge in [-0.15, -0.1) is 5.10 Å². The highest BCUT2D eigenvalue weighted by atomic mass is 32.1. The molecule has 29 heavy (non-hydrogen) atoms. The largest absolute Gasteiger partial charge is 0.312 e. The molecule has 1 aliphatic heterocycles. The molecule has 0 bridgehead atoms. The van der Waals surface area contributed by atoms with Crippen LogP contribution in [0.25, 0.3) is 4.96 Å². The van der Waals surface area contributed by atoms with Gasteiger partial charge in [-0.3, -0.25) is 14.9 Å². The number of aryl methyl sites for hydroxylation is 3. The van der Waals surface area contributed by atoms with Gasteiger partial charge in [0.25, 0.3) is 0 Å². The van der Waals surface area contributed by atoms with Gasteiger partial charge >= 0.3 is 0 Å². The van der Waals surface area contributed by atoms with Gasteiger partial charge in [0.2, 0.25) is 22.7 Å². The number of carbonyl (C=O) groups excluding carboxylic acids is 2. The van der Waals surface area contributed by atoms with Crippen molar-refractivity contribution in [1.82, 2.24) is 14.6 Å². The van der Waals surface area contributed by atoms with E-state index in [2.05, 4.69) is 34.5 Å². The van der Waals surface area contributed by atoms with Crippen LogP contribution in [0.2, 0.25) is 0 Å². The van der Waals surface area contributed by atoms with E-state index in [0.717, 1.165) is 40.5 Å². The lowest BCUT2D eigenvalue weighted by Crippen LogP contribution is -2.28. The lowest BCUT2D eigenvalue weighted by Gasteiger charge is -2.17. The van der Waals surface area contributed by atoms with E-state index in [9.17, 15) is 9.59 Å². The molecule has 0 spiro atoms. The molecule has 0 aliphatic carbocycles. The van der Waals surface area contributed by atoms with Crippen molar-refractivity contribution in [3.8, 4) is 0 Å². The Morgan fingerprint density at radius 3 is 2.72 bits per heavy atom. The molecule has 152 valence electrons. The van der Waals surface area contributed by atoms with E-state index < -0.39 is 5.92 Å². The van der Waals surface area contributed by atoms with E-state index in [1.165, 1.54) is 16.9 Å². The summed E-state index contributed by atoms with van der Waals surface area (Å²) in [6.45, 7) is 6.54. The second-order valence-electron chi connectivity index (χ2n) is 7.54. The molecule has 2 amide bonds. The van der Waals surface area contributed by atoms with Crippen LogP contribution in [0, 0.1) is 19.8 Å². The number of aromatic nitrogens is 3. The van der Waals surface area contributed by atoms with E-state index in [1.807, 2.05) is 26.0 Å². The second-order valence-corrected chi connectivity index (χ2v) is 8.72. The molecule has 7 nitrogen and oxygen atoms in total. The zero-order valence-electron chi connectivity index (χ0n) is 16.9. The Hall–Kier alpha value is -2.74. The fourth-order valence-electron chi connectivity index (χ4n) is 3.56. The third-order valence-corrected chi connectivity index (χ3v) is 6.50. The number of anilines is 2. The minimum absolute atomic E-state index is 0.0308. The lowest BCUT2D eigenvalue weighted by molar-refractivity contribution is -0.122. The van der Waals surface area contributed by atoms with Crippen molar-refractivity contribution in [2.75, 3.05) is 16.8 Å². The minimum atomic E-state index is -0.411. The third kappa shape index (κ3) is 3.89. The van der Waals surface area contributed by atoms with Gasteiger partial charge in [0, 0.05) is 23.5 Å². The number of thiazole rings is 1. The van der Waals surface area contributed by atoms with Crippen LogP contribution >= 0.6 is 11.3 Å². The zero-order chi connectivity index (χ0) is 20.5. The first-order valence-corrected chi connectivity index (χ1v) is 10.8. The standard InChI is InChI=1S/C21H25N5O2S/c1-4-5-6-15-7-9-17(10-8-15)25-12-16(11-18(25)27)19(28)22-20-23-21-26(24-20)13(2)14(3)29-21/h7-10,16H,4-6,11-12H2,1-3H3,(H,22,24,28). The first-order chi connectivity index (χ1) is 14.0. The van der Waals surface area contributed by atoms with Crippen LogP contribution in [0.1, 0.15) is 42.3 Å². The van der Waals surface area contributed by atoms with Crippen LogP contribution in [0.15, 0.2) is 24.3 Å². The van der Waals surface area contributed by atoms with Crippen molar-refractivity contribution in [2.45, 2.75) is 46.5 Å². The molecule has 0 saturated carbocycles. The number of rotatable bonds is 6. The normalized spacial score (nSPS) is 16.7. The average Bonchev–Trinajstić information content (AvgIpc) is 3.36. The molecule has 1 fully saturated rings. The number of hydrogen-bond donors (Lipinski definition) is 1. The first kappa shape index (κ1) is 19.6. The minimum Gasteiger partial charge on any atom is -0.312 e. The summed E-state index contributed by atoms with van der Waals surface area (Å²) in [6.07, 6.45) is 3.56. The van der Waals surface area contributed by atoms with Crippen LogP contribution in [0.3, 0.4) is 0 Å². The lowest BCUT2D eigenvalue weighted by atomic mass is 10.1. The molecular formula is C21H25N5O2S. The van der Waals surface area contributed by atoms with Crippen molar-refractivity contribution >= 4 is 39.7 Å². The molecule has 1 N–H and O–H groups in total. The third-order valence-electron chi connectivity index (χ3n) is 5.45. The maximum Gasteiger partial charge on any atom is 0.250 e. The average molecular weight is 412 g/mol. The quantitative estimate of drug-likeness (QED) is 0.670. The number of carbonyl (C=O) groups is 2. The monoisotopic (exact) mass is 411 g/mol. The van der Waals surface area contributed by atoms with Crippen molar-refractivity contribution in [3.63, 3.8) is 0 Å². The molecule has 2 aromatic heterocycles. The number of hydrogen-bond acceptors (Lipinski definition) is 5. The van der Waals surface area contributed by atoms with Gasteiger partial charge in [-0.25, -0.2) is 4.52 Å². The van der Waals surface area contributed by atoms with Crippen molar-refractivity contribution < 1.29 is 9.59 Å². The Morgan fingerprint density at radius 1 is 1.28 bits per heavy atom. The van der Waals surface area contributed by atoms with Gasteiger partial charge in [-0.05, 0) is 44.4 Å². The molecule has 1 unspecified atom stereocenters. The molecule has 1 saturated heterocycles. The van der Waals surface area contributed by atoms with Crippen molar-refractivity contribution in [1.29, 1.82) is 0 Å². The molecule has 8 heteroatoms. The topological polar surface area (TPSA) is 79.6 Å². The summed E-state index contributed by atoms with van der Waals surface area (Å²) in [5.41, 5.74) is 3.13. The summed E-state index contributed by atoms with van der Waals surface area (Å²) in [5, 5.41) is 7.14. The molecule has 4 rings (SSSR count). The summed E-state index contributed by atoms with van der Waals surface area (Å²) in [6, 6.07) is 8.08. The summed E-state index contributed by atoms with van der Waals surface area (Å²) in [5.74, 6) is -0.369. The number of nitrogens with one attached hydrogen (secondary N) is 1. The van der Waals surface area contributed by atoms with E-state index in [-0.39, 0.29) is 24.2 Å². The van der Waals surface area contributed by atoms with E-state index in [4.69, 9.17) is 0 Å². The van der Waals surface area contributed by atoms with Crippen LogP contribution < -0.4 is 10.2 Å². The highest BCUT2D eigenvalue weighted by Crippen LogP contribution is 2.27. The summed E-state index contributed by atoms with van der Waals surface area (Å²) < 4.78 is 1.74. The summed E-state index contributed by atoms with van der Waals surface area (Å²) in [4.78, 5) is 33.1. The smallest absolute Gasteiger partial charge is 0.250 e. The molecular weight excluding hydrogens is 386 g/mol. The first-order valence-electron chi connectivity index (χ1n) is 9.99. The molecule has 3 heterocycles. The van der Waals surface area contributed by atoms with Crippen LogP contribution in [0.5, 0.6) is 0 Å². The van der Waals surface area contributed by atoms with Gasteiger partial charge < -0.3 is 4.90 Å². The number of fused-ring (bicyclic) bond motifs is 1. The van der Waals surface area contributed by atoms with Crippen LogP contribution in [0.4, 0.5) is 11.6 Å². The molecule has 1 aromatic carbocycles. The van der Waals surface area contributed by atoms with Gasteiger partial charge in [0.15, 0.2) is 0 Å². The predicted molar refractivity (Wildman–Crippen MR) is 114 cm³/mol. The number of benzene rings is 1. The highest BCUT2D eigenvalue weighted by molar-refractivity contribution is 7.17. The summed E-state index contributed by atoms with van der Waals surface area (Å²) >= 11 is 1.54. The van der Waals surface area contributed by atoms with Crippen LogP contribution in [-0.2, 0) is 16.0 Å². The fourth-order valence-corrected chi connectivity index (χ4v) is 4.47. The molecule has 0 radical (unpaired) electrons. The number of nitrogens with zero attached hydrogens (tertiary/aromatic N) is 4. The molecule has 1 aliphatic rings. The van der Waals surface area contributed by atoms with E-state index >= 15 is 0 Å². The van der Waals surface area contributed by atoms with Gasteiger partial charge in [0.1, 0.15) is 0 Å². The molecule has 1 atom stereocenters. The van der Waals surface area contributed by atoms with Gasteiger partial charge in [0.05, 0.1) is 11.6 Å². The Kier molecular flexibility index (Phi) is 5.36. The molecule has 3 aromatic rings. The maximum absolute atomic E-state index is 12.7. The van der Waals surface area contributed by atoms with Gasteiger partial charge in [-0.1, -0.05) is 36.8 Å². The van der Waals surface area contributed by atoms with Crippen molar-refractivity contribution in [2.24, 2.45) is 5.92 Å². The maximum atomic E-state index is 12.7. The van der Waals surface area contributed by atoms with E-state index in [0.29, 0.717) is 6.54 Å². The Bertz CT molecular complexity index is 1050.